The summed E-state index contributed by atoms with van der Waals surface area (Å²) in [6.07, 6.45) is 0. The van der Waals surface area contributed by atoms with Crippen LogP contribution >= 0.6 is 11.6 Å². The van der Waals surface area contributed by atoms with Gasteiger partial charge < -0.3 is 5.21 Å². The van der Waals surface area contributed by atoms with Crippen molar-refractivity contribution in [3.63, 3.8) is 0 Å². The van der Waals surface area contributed by atoms with E-state index in [9.17, 15) is 5.21 Å². The predicted octanol–water partition coefficient (Wildman–Crippen LogP) is 2.31. The summed E-state index contributed by atoms with van der Waals surface area (Å²) in [6.45, 7) is 0. The number of hydrogen-bond acceptors (Lipinski definition) is 2. The van der Waals surface area contributed by atoms with Crippen molar-refractivity contribution in [2.24, 2.45) is 0 Å². The summed E-state index contributed by atoms with van der Waals surface area (Å²) >= 11 is 5.87. The summed E-state index contributed by atoms with van der Waals surface area (Å²) in [7, 11) is 0. The van der Waals surface area contributed by atoms with Gasteiger partial charge >= 0.3 is 0 Å². The van der Waals surface area contributed by atoms with Gasteiger partial charge in [0, 0.05) is 11.1 Å². The van der Waals surface area contributed by atoms with Crippen molar-refractivity contribution in [1.82, 2.24) is 9.90 Å². The highest BCUT2D eigenvalue weighted by molar-refractivity contribution is 6.31. The molecule has 0 spiro atoms. The number of para-hydroxylation sites is 1. The molecule has 84 valence electrons. The molecule has 4 nitrogen and oxygen atoms in total. The van der Waals surface area contributed by atoms with Gasteiger partial charge in [0.1, 0.15) is 5.69 Å². The second-order valence-corrected chi connectivity index (χ2v) is 4.07. The number of fused-ring (bicyclic) bond motifs is 1. The molecule has 17 heavy (non-hydrogen) atoms. The molecule has 0 bridgehead atoms. The highest BCUT2D eigenvalue weighted by Gasteiger charge is 2.15. The van der Waals surface area contributed by atoms with Gasteiger partial charge in [-0.3, -0.25) is 0 Å². The predicted molar refractivity (Wildman–Crippen MR) is 65.0 cm³/mol. The van der Waals surface area contributed by atoms with E-state index in [0.717, 1.165) is 10.5 Å². The molecule has 1 aromatic heterocycles. The Balaban J connectivity index is 2.28. The molecular weight excluding hydrogens is 238 g/mol. The molecule has 0 unspecified atom stereocenters. The van der Waals surface area contributed by atoms with Crippen LogP contribution in [-0.2, 0) is 0 Å². The first-order valence-corrected chi connectivity index (χ1v) is 5.47. The van der Waals surface area contributed by atoms with Crippen molar-refractivity contribution in [1.29, 1.82) is 0 Å². The Morgan fingerprint density at radius 3 is 2.65 bits per heavy atom. The zero-order chi connectivity index (χ0) is 11.8. The molecule has 1 heterocycles. The molecular formula is C12H8ClN3O. The maximum Gasteiger partial charge on any atom is 0.251 e. The summed E-state index contributed by atoms with van der Waals surface area (Å²) in [5.41, 5.74) is 1.80. The molecule has 3 aromatic rings. The first kappa shape index (κ1) is 10.1. The van der Waals surface area contributed by atoms with E-state index in [1.54, 1.807) is 18.2 Å². The van der Waals surface area contributed by atoms with Crippen molar-refractivity contribution >= 4 is 22.6 Å². The normalized spacial score (nSPS) is 10.9. The zero-order valence-electron chi connectivity index (χ0n) is 8.75. The molecule has 0 aliphatic rings. The van der Waals surface area contributed by atoms with Crippen LogP contribution in [0.15, 0.2) is 48.5 Å². The first-order valence-electron chi connectivity index (χ1n) is 5.09. The van der Waals surface area contributed by atoms with E-state index in [4.69, 9.17) is 11.6 Å². The average Bonchev–Trinajstić information content (AvgIpc) is 2.67. The third kappa shape index (κ3) is 1.62. The van der Waals surface area contributed by atoms with Crippen LogP contribution < -0.4 is 4.85 Å². The van der Waals surface area contributed by atoms with Gasteiger partial charge in [0.25, 0.3) is 5.52 Å². The van der Waals surface area contributed by atoms with Crippen LogP contribution in [0.4, 0.5) is 0 Å². The number of benzene rings is 2. The average molecular weight is 246 g/mol. The van der Waals surface area contributed by atoms with Gasteiger partial charge in [-0.1, -0.05) is 29.8 Å². The zero-order valence-corrected chi connectivity index (χ0v) is 9.50. The van der Waals surface area contributed by atoms with Crippen molar-refractivity contribution in [3.8, 4) is 5.69 Å². The van der Waals surface area contributed by atoms with Crippen LogP contribution in [0.2, 0.25) is 5.02 Å². The van der Waals surface area contributed by atoms with E-state index in [0.29, 0.717) is 16.1 Å². The van der Waals surface area contributed by atoms with Crippen LogP contribution in [0.1, 0.15) is 0 Å². The Morgan fingerprint density at radius 1 is 1.12 bits per heavy atom. The fourth-order valence-electron chi connectivity index (χ4n) is 1.71. The molecule has 2 aromatic carbocycles. The van der Waals surface area contributed by atoms with Crippen LogP contribution in [0.3, 0.4) is 0 Å². The number of aromatic nitrogens is 3. The highest BCUT2D eigenvalue weighted by Crippen LogP contribution is 2.15. The van der Waals surface area contributed by atoms with Crippen molar-refractivity contribution in [3.05, 3.63) is 58.8 Å². The molecule has 0 N–H and O–H groups in total. The van der Waals surface area contributed by atoms with E-state index in [1.807, 2.05) is 30.3 Å². The molecule has 0 saturated heterocycles. The van der Waals surface area contributed by atoms with Crippen LogP contribution in [0, 0.1) is 5.21 Å². The third-order valence-corrected chi connectivity index (χ3v) is 2.74. The van der Waals surface area contributed by atoms with Gasteiger partial charge in [-0.15, -0.1) is 4.85 Å². The van der Waals surface area contributed by atoms with Crippen LogP contribution in [0.5, 0.6) is 0 Å². The van der Waals surface area contributed by atoms with E-state index < -0.39 is 0 Å². The minimum absolute atomic E-state index is 0.498. The second kappa shape index (κ2) is 3.75. The number of hydrogen-bond donors (Lipinski definition) is 0. The largest absolute Gasteiger partial charge is 0.692 e. The number of nitrogens with zero attached hydrogens (tertiary/aromatic N) is 3. The second-order valence-electron chi connectivity index (χ2n) is 3.63. The highest BCUT2D eigenvalue weighted by atomic mass is 35.5. The lowest BCUT2D eigenvalue weighted by Crippen LogP contribution is -2.37. The molecule has 3 rings (SSSR count). The SMILES string of the molecule is [O-][n+]1c2ccc(Cl)cc2nn1-c1ccccc1. The third-order valence-electron chi connectivity index (χ3n) is 2.51. The first-order chi connectivity index (χ1) is 8.25. The summed E-state index contributed by atoms with van der Waals surface area (Å²) in [6, 6.07) is 14.3. The van der Waals surface area contributed by atoms with Crippen molar-refractivity contribution in [2.45, 2.75) is 0 Å². The van der Waals surface area contributed by atoms with Gasteiger partial charge in [0.15, 0.2) is 0 Å². The van der Waals surface area contributed by atoms with Gasteiger partial charge in [-0.05, 0) is 29.1 Å². The number of halogens is 1. The van der Waals surface area contributed by atoms with Gasteiger partial charge in [0.2, 0.25) is 5.52 Å². The lowest BCUT2D eigenvalue weighted by atomic mass is 10.3. The molecule has 0 saturated carbocycles. The maximum absolute atomic E-state index is 12.0. The fourth-order valence-corrected chi connectivity index (χ4v) is 1.87. The van der Waals surface area contributed by atoms with Crippen molar-refractivity contribution < 1.29 is 4.85 Å². The Labute approximate surface area is 102 Å². The minimum Gasteiger partial charge on any atom is -0.692 e. The van der Waals surface area contributed by atoms with E-state index >= 15 is 0 Å². The summed E-state index contributed by atoms with van der Waals surface area (Å²) in [4.78, 5) is 2.06. The Hall–Kier alpha value is -2.07. The Morgan fingerprint density at radius 2 is 1.88 bits per heavy atom. The minimum atomic E-state index is 0.498. The lowest BCUT2D eigenvalue weighted by molar-refractivity contribution is -0.664. The quantitative estimate of drug-likeness (QED) is 0.488. The van der Waals surface area contributed by atoms with E-state index in [-0.39, 0.29) is 0 Å². The molecule has 5 heteroatoms. The fraction of sp³-hybridized carbons (Fsp3) is 0. The Kier molecular flexibility index (Phi) is 2.23. The smallest absolute Gasteiger partial charge is 0.251 e. The molecule has 0 radical (unpaired) electrons. The monoisotopic (exact) mass is 245 g/mol. The standard InChI is InChI=1S/C12H8ClN3O/c13-9-6-7-12-11(8-9)14-15(16(12)17)10-4-2-1-3-5-10/h1-8H. The number of rotatable bonds is 1. The lowest BCUT2D eigenvalue weighted by Gasteiger charge is -2.02. The maximum atomic E-state index is 12.0. The summed E-state index contributed by atoms with van der Waals surface area (Å²) in [5.74, 6) is 0. The molecule has 0 aliphatic heterocycles. The molecule has 0 amide bonds. The van der Waals surface area contributed by atoms with Crippen LogP contribution in [0.25, 0.3) is 16.7 Å². The van der Waals surface area contributed by atoms with Gasteiger partial charge in [0.05, 0.1) is 5.10 Å². The molecule has 0 fully saturated rings. The van der Waals surface area contributed by atoms with E-state index in [2.05, 4.69) is 5.10 Å². The Bertz CT molecular complexity index is 679. The van der Waals surface area contributed by atoms with Gasteiger partial charge in [-0.2, -0.15) is 0 Å². The van der Waals surface area contributed by atoms with Gasteiger partial charge in [-0.25, -0.2) is 0 Å². The van der Waals surface area contributed by atoms with Crippen molar-refractivity contribution in [2.75, 3.05) is 0 Å². The summed E-state index contributed by atoms with van der Waals surface area (Å²) in [5, 5.41) is 16.8. The topological polar surface area (TPSA) is 44.8 Å². The van der Waals surface area contributed by atoms with Crippen LogP contribution in [-0.4, -0.2) is 9.90 Å². The molecule has 0 aliphatic carbocycles. The summed E-state index contributed by atoms with van der Waals surface area (Å²) < 4.78 is 0. The molecule has 0 atom stereocenters. The van der Waals surface area contributed by atoms with E-state index in [1.165, 1.54) is 4.80 Å².